The number of hydrogen-bond donors (Lipinski definition) is 2. The number of aromatic nitrogens is 2. The van der Waals surface area contributed by atoms with E-state index in [2.05, 4.69) is 9.17 Å². The summed E-state index contributed by atoms with van der Waals surface area (Å²) in [6, 6.07) is 0. The Hall–Kier alpha value is -1.53. The van der Waals surface area contributed by atoms with Gasteiger partial charge in [-0.15, -0.1) is 0 Å². The number of nitrogens with zero attached hydrogens (tertiary/aromatic N) is 1. The standard InChI is InChI=1S/C10H14N2O8S/c1-5-3-12(10(15)11-9(5)14)8-2-6(13)7(20-8)4-19-21(16,17)18/h3,6-8,13H,2,4H2,1H3,(H,11,14,15)(H,16,17,18)/p-1/t6-,7+,8+/m0/s1. The number of aliphatic hydroxyl groups excluding tert-OH is 1. The Morgan fingerprint density at radius 1 is 1.57 bits per heavy atom. The molecule has 2 heterocycles. The molecule has 0 aromatic carbocycles. The van der Waals surface area contributed by atoms with Crippen molar-refractivity contribution in [2.24, 2.45) is 0 Å². The third-order valence-electron chi connectivity index (χ3n) is 3.04. The van der Waals surface area contributed by atoms with E-state index in [1.807, 2.05) is 0 Å². The molecule has 0 spiro atoms. The Kier molecular flexibility index (Phi) is 4.30. The van der Waals surface area contributed by atoms with E-state index in [4.69, 9.17) is 4.74 Å². The van der Waals surface area contributed by atoms with Gasteiger partial charge >= 0.3 is 5.69 Å². The summed E-state index contributed by atoms with van der Waals surface area (Å²) in [4.78, 5) is 25.0. The van der Waals surface area contributed by atoms with Gasteiger partial charge in [-0.25, -0.2) is 13.2 Å². The van der Waals surface area contributed by atoms with E-state index in [1.54, 1.807) is 0 Å². The van der Waals surface area contributed by atoms with E-state index in [0.717, 1.165) is 4.57 Å². The number of ether oxygens (including phenoxy) is 1. The zero-order valence-corrected chi connectivity index (χ0v) is 11.7. The smallest absolute Gasteiger partial charge is 0.330 e. The molecular formula is C10H13N2O8S-. The normalized spacial score (nSPS) is 26.1. The average molecular weight is 321 g/mol. The molecule has 1 aromatic heterocycles. The maximum Gasteiger partial charge on any atom is 0.330 e. The minimum absolute atomic E-state index is 0.0156. The summed E-state index contributed by atoms with van der Waals surface area (Å²) >= 11 is 0. The Morgan fingerprint density at radius 3 is 2.86 bits per heavy atom. The molecule has 0 radical (unpaired) electrons. The highest BCUT2D eigenvalue weighted by molar-refractivity contribution is 7.80. The van der Waals surface area contributed by atoms with E-state index >= 15 is 0 Å². The van der Waals surface area contributed by atoms with Crippen molar-refractivity contribution in [2.45, 2.75) is 31.8 Å². The lowest BCUT2D eigenvalue weighted by Crippen LogP contribution is -2.33. The maximum absolute atomic E-state index is 11.7. The molecule has 11 heteroatoms. The van der Waals surface area contributed by atoms with Gasteiger partial charge < -0.3 is 14.4 Å². The Morgan fingerprint density at radius 2 is 2.24 bits per heavy atom. The maximum atomic E-state index is 11.7. The third kappa shape index (κ3) is 3.77. The van der Waals surface area contributed by atoms with Crippen molar-refractivity contribution in [2.75, 3.05) is 6.61 Å². The van der Waals surface area contributed by atoms with Crippen LogP contribution in [-0.4, -0.2) is 46.4 Å². The van der Waals surface area contributed by atoms with E-state index in [9.17, 15) is 27.7 Å². The van der Waals surface area contributed by atoms with Crippen LogP contribution < -0.4 is 11.2 Å². The lowest BCUT2D eigenvalue weighted by atomic mass is 10.2. The number of aryl methyl sites for hydroxylation is 1. The third-order valence-corrected chi connectivity index (χ3v) is 3.46. The minimum atomic E-state index is -4.89. The van der Waals surface area contributed by atoms with E-state index in [0.29, 0.717) is 0 Å². The van der Waals surface area contributed by atoms with Crippen molar-refractivity contribution >= 4 is 10.4 Å². The fraction of sp³-hybridized carbons (Fsp3) is 0.600. The summed E-state index contributed by atoms with van der Waals surface area (Å²) in [5, 5.41) is 9.74. The van der Waals surface area contributed by atoms with Crippen molar-refractivity contribution in [1.29, 1.82) is 0 Å². The first-order valence-electron chi connectivity index (χ1n) is 5.93. The topological polar surface area (TPSA) is 151 Å². The molecular weight excluding hydrogens is 308 g/mol. The van der Waals surface area contributed by atoms with E-state index in [-0.39, 0.29) is 12.0 Å². The highest BCUT2D eigenvalue weighted by atomic mass is 32.3. The largest absolute Gasteiger partial charge is 0.726 e. The van der Waals surface area contributed by atoms with Crippen LogP contribution in [0.25, 0.3) is 0 Å². The molecule has 0 unspecified atom stereocenters. The molecule has 1 fully saturated rings. The van der Waals surface area contributed by atoms with Crippen molar-refractivity contribution in [1.82, 2.24) is 9.55 Å². The lowest BCUT2D eigenvalue weighted by Gasteiger charge is -2.17. The minimum Gasteiger partial charge on any atom is -0.726 e. The van der Waals surface area contributed by atoms with E-state index < -0.39 is 46.7 Å². The van der Waals surface area contributed by atoms with Gasteiger partial charge in [0.25, 0.3) is 5.56 Å². The monoisotopic (exact) mass is 321 g/mol. The number of rotatable bonds is 4. The van der Waals surface area contributed by atoms with Gasteiger partial charge in [-0.3, -0.25) is 18.5 Å². The Bertz CT molecular complexity index is 736. The number of H-pyrrole nitrogens is 1. The summed E-state index contributed by atoms with van der Waals surface area (Å²) < 4.78 is 41.5. The number of nitrogens with one attached hydrogen (secondary N) is 1. The molecule has 21 heavy (non-hydrogen) atoms. The Labute approximate surface area is 118 Å². The molecule has 10 nitrogen and oxygen atoms in total. The van der Waals surface area contributed by atoms with Gasteiger partial charge in [0.15, 0.2) is 0 Å². The molecule has 1 saturated heterocycles. The molecule has 2 rings (SSSR count). The van der Waals surface area contributed by atoms with Gasteiger partial charge in [0.1, 0.15) is 12.3 Å². The predicted octanol–water partition coefficient (Wildman–Crippen LogP) is -2.03. The lowest BCUT2D eigenvalue weighted by molar-refractivity contribution is -0.0417. The van der Waals surface area contributed by atoms with Crippen molar-refractivity contribution in [3.8, 4) is 0 Å². The summed E-state index contributed by atoms with van der Waals surface area (Å²) in [5.41, 5.74) is -0.984. The molecule has 1 aliphatic rings. The van der Waals surface area contributed by atoms with Crippen molar-refractivity contribution in [3.63, 3.8) is 0 Å². The predicted molar refractivity (Wildman–Crippen MR) is 66.2 cm³/mol. The zero-order valence-electron chi connectivity index (χ0n) is 10.9. The molecule has 2 N–H and O–H groups in total. The summed E-state index contributed by atoms with van der Waals surface area (Å²) in [6.45, 7) is 0.839. The second-order valence-electron chi connectivity index (χ2n) is 4.60. The van der Waals surface area contributed by atoms with Gasteiger partial charge in [-0.2, -0.15) is 0 Å². The SMILES string of the molecule is Cc1cn([C@H]2C[C@H](O)[C@@H](COS(=O)(=O)[O-])O2)c(=O)[nH]c1=O. The summed E-state index contributed by atoms with van der Waals surface area (Å²) in [6.07, 6.45) is -1.83. The van der Waals surface area contributed by atoms with Crippen LogP contribution >= 0.6 is 0 Å². The highest BCUT2D eigenvalue weighted by Gasteiger charge is 2.36. The van der Waals surface area contributed by atoms with Crippen LogP contribution in [0.15, 0.2) is 15.8 Å². The average Bonchev–Trinajstić information content (AvgIpc) is 2.72. The second-order valence-corrected chi connectivity index (χ2v) is 5.66. The highest BCUT2D eigenvalue weighted by Crippen LogP contribution is 2.27. The first-order valence-corrected chi connectivity index (χ1v) is 7.26. The van der Waals surface area contributed by atoms with Gasteiger partial charge in [0, 0.05) is 18.2 Å². The quantitative estimate of drug-likeness (QED) is 0.476. The molecule has 0 bridgehead atoms. The molecule has 0 amide bonds. The molecule has 1 aliphatic heterocycles. The fourth-order valence-electron chi connectivity index (χ4n) is 1.99. The fourth-order valence-corrected chi connectivity index (χ4v) is 2.29. The first-order chi connectivity index (χ1) is 9.67. The van der Waals surface area contributed by atoms with Gasteiger partial charge in [0.05, 0.1) is 12.7 Å². The Balaban J connectivity index is 2.16. The first kappa shape index (κ1) is 15.9. The van der Waals surface area contributed by atoms with Crippen LogP contribution in [-0.2, 0) is 19.3 Å². The van der Waals surface area contributed by atoms with Crippen LogP contribution in [0.2, 0.25) is 0 Å². The van der Waals surface area contributed by atoms with Crippen LogP contribution in [0.3, 0.4) is 0 Å². The number of hydrogen-bond acceptors (Lipinski definition) is 8. The zero-order chi connectivity index (χ0) is 15.8. The van der Waals surface area contributed by atoms with Crippen LogP contribution in [0.1, 0.15) is 18.2 Å². The van der Waals surface area contributed by atoms with Crippen LogP contribution in [0, 0.1) is 6.92 Å². The molecule has 1 aromatic rings. The van der Waals surface area contributed by atoms with Crippen LogP contribution in [0.4, 0.5) is 0 Å². The molecule has 0 aliphatic carbocycles. The van der Waals surface area contributed by atoms with Gasteiger partial charge in [-0.1, -0.05) is 0 Å². The molecule has 118 valence electrons. The summed E-state index contributed by atoms with van der Waals surface area (Å²) in [5.74, 6) is 0. The summed E-state index contributed by atoms with van der Waals surface area (Å²) in [7, 11) is -4.89. The van der Waals surface area contributed by atoms with Gasteiger partial charge in [-0.05, 0) is 6.92 Å². The van der Waals surface area contributed by atoms with Gasteiger partial charge in [0.2, 0.25) is 10.4 Å². The van der Waals surface area contributed by atoms with Crippen molar-refractivity contribution < 1.29 is 27.0 Å². The molecule has 3 atom stereocenters. The van der Waals surface area contributed by atoms with Crippen molar-refractivity contribution in [3.05, 3.63) is 32.6 Å². The van der Waals surface area contributed by atoms with E-state index in [1.165, 1.54) is 13.1 Å². The second kappa shape index (κ2) is 5.69. The number of aromatic amines is 1. The molecule has 0 saturated carbocycles. The van der Waals surface area contributed by atoms with Crippen LogP contribution in [0.5, 0.6) is 0 Å². The number of aliphatic hydroxyl groups is 1.